The fraction of sp³-hybridized carbons (Fsp3) is 0.448. The van der Waals surface area contributed by atoms with E-state index in [0.29, 0.717) is 30.7 Å². The summed E-state index contributed by atoms with van der Waals surface area (Å²) in [6, 6.07) is 7.69. The van der Waals surface area contributed by atoms with Crippen molar-refractivity contribution in [1.29, 1.82) is 0 Å². The molecule has 1 fully saturated rings. The Labute approximate surface area is 233 Å². The molecule has 0 spiro atoms. The van der Waals surface area contributed by atoms with E-state index in [4.69, 9.17) is 9.47 Å². The Balaban J connectivity index is 1.66. The smallest absolute Gasteiger partial charge is 0.292 e. The number of ether oxygens (including phenoxy) is 2. The van der Waals surface area contributed by atoms with Crippen molar-refractivity contribution >= 4 is 28.6 Å². The van der Waals surface area contributed by atoms with Crippen LogP contribution in [0.25, 0.3) is 11.0 Å². The summed E-state index contributed by atoms with van der Waals surface area (Å²) in [6.45, 7) is 9.35. The molecule has 2 aromatic heterocycles. The van der Waals surface area contributed by atoms with Gasteiger partial charge in [0, 0.05) is 56.5 Å². The minimum absolute atomic E-state index is 0.0348. The standard InChI is InChI=1S/C29H36FN5O5/c1-17(2)31-27(37)25(36)24-15-34(16-39-5)26-22(24)11-23(28(32-26)40-6)29(38)35-13-18(3)33(12-19(35)4)14-20-7-9-21(30)10-8-20/h7-11,15,17-19H,12-14,16H2,1-6H3,(H,31,37)/t18-,19+/m0/s1. The van der Waals surface area contributed by atoms with Crippen molar-refractivity contribution in [3.63, 3.8) is 0 Å². The molecule has 0 bridgehead atoms. The van der Waals surface area contributed by atoms with Gasteiger partial charge in [0.1, 0.15) is 23.8 Å². The van der Waals surface area contributed by atoms with Gasteiger partial charge in [-0.2, -0.15) is 4.98 Å². The summed E-state index contributed by atoms with van der Waals surface area (Å²) < 4.78 is 25.7. The summed E-state index contributed by atoms with van der Waals surface area (Å²) in [5.74, 6) is -1.91. The molecular formula is C29H36FN5O5. The van der Waals surface area contributed by atoms with E-state index in [2.05, 4.69) is 15.2 Å². The van der Waals surface area contributed by atoms with Crippen LogP contribution in [-0.2, 0) is 22.8 Å². The number of nitrogens with zero attached hydrogens (tertiary/aromatic N) is 4. The maximum Gasteiger partial charge on any atom is 0.292 e. The van der Waals surface area contributed by atoms with Gasteiger partial charge in [-0.05, 0) is 51.5 Å². The van der Waals surface area contributed by atoms with Crippen molar-refractivity contribution in [1.82, 2.24) is 24.7 Å². The Hall–Kier alpha value is -3.83. The van der Waals surface area contributed by atoms with Gasteiger partial charge >= 0.3 is 0 Å². The number of amides is 2. The Morgan fingerprint density at radius 3 is 2.40 bits per heavy atom. The van der Waals surface area contributed by atoms with Gasteiger partial charge in [0.2, 0.25) is 5.88 Å². The Kier molecular flexibility index (Phi) is 8.85. The van der Waals surface area contributed by atoms with Crippen molar-refractivity contribution in [3.8, 4) is 5.88 Å². The number of pyridine rings is 1. The van der Waals surface area contributed by atoms with E-state index in [1.807, 2.05) is 13.8 Å². The van der Waals surface area contributed by atoms with Crippen LogP contribution >= 0.6 is 0 Å². The number of benzene rings is 1. The molecule has 1 aliphatic rings. The molecule has 4 rings (SSSR count). The molecule has 214 valence electrons. The van der Waals surface area contributed by atoms with Crippen LogP contribution < -0.4 is 10.1 Å². The van der Waals surface area contributed by atoms with Crippen LogP contribution in [0.2, 0.25) is 0 Å². The molecule has 2 amide bonds. The largest absolute Gasteiger partial charge is 0.480 e. The highest BCUT2D eigenvalue weighted by molar-refractivity contribution is 6.45. The molecular weight excluding hydrogens is 517 g/mol. The van der Waals surface area contributed by atoms with E-state index < -0.39 is 11.7 Å². The van der Waals surface area contributed by atoms with Crippen LogP contribution in [0.5, 0.6) is 5.88 Å². The second-order valence-corrected chi connectivity index (χ2v) is 10.5. The van der Waals surface area contributed by atoms with E-state index in [1.54, 1.807) is 41.5 Å². The number of Topliss-reactive ketones (excluding diaryl/α,β-unsaturated/α-hetero) is 1. The lowest BCUT2D eigenvalue weighted by Gasteiger charge is -2.44. The lowest BCUT2D eigenvalue weighted by molar-refractivity contribution is -0.117. The highest BCUT2D eigenvalue weighted by Gasteiger charge is 2.35. The first-order valence-electron chi connectivity index (χ1n) is 13.3. The SMILES string of the molecule is COCn1cc(C(=O)C(=O)NC(C)C)c2cc(C(=O)N3C[C@H](C)N(Cc4ccc(F)cc4)C[C@H]3C)c(OC)nc21. The molecule has 2 atom stereocenters. The zero-order chi connectivity index (χ0) is 29.1. The van der Waals surface area contributed by atoms with Crippen molar-refractivity contribution in [2.75, 3.05) is 27.3 Å². The number of nitrogens with one attached hydrogen (secondary N) is 1. The van der Waals surface area contributed by atoms with Crippen LogP contribution in [0.3, 0.4) is 0 Å². The van der Waals surface area contributed by atoms with E-state index in [9.17, 15) is 18.8 Å². The molecule has 0 unspecified atom stereocenters. The molecule has 40 heavy (non-hydrogen) atoms. The van der Waals surface area contributed by atoms with Gasteiger partial charge in [-0.25, -0.2) is 4.39 Å². The summed E-state index contributed by atoms with van der Waals surface area (Å²) in [5, 5.41) is 2.98. The number of rotatable bonds is 9. The minimum atomic E-state index is -0.741. The monoisotopic (exact) mass is 553 g/mol. The number of ketones is 1. The molecule has 11 heteroatoms. The van der Waals surface area contributed by atoms with Crippen LogP contribution in [-0.4, -0.2) is 82.4 Å². The number of piperazine rings is 1. The van der Waals surface area contributed by atoms with E-state index >= 15 is 0 Å². The van der Waals surface area contributed by atoms with Crippen molar-refractivity contribution in [2.24, 2.45) is 0 Å². The molecule has 1 saturated heterocycles. The maximum atomic E-state index is 13.9. The molecule has 1 aromatic carbocycles. The Morgan fingerprint density at radius 1 is 1.07 bits per heavy atom. The lowest BCUT2D eigenvalue weighted by atomic mass is 10.0. The van der Waals surface area contributed by atoms with E-state index in [1.165, 1.54) is 32.5 Å². The van der Waals surface area contributed by atoms with Crippen LogP contribution in [0.4, 0.5) is 4.39 Å². The van der Waals surface area contributed by atoms with Crippen molar-refractivity contribution in [3.05, 3.63) is 59.0 Å². The zero-order valence-corrected chi connectivity index (χ0v) is 23.7. The first-order valence-corrected chi connectivity index (χ1v) is 13.3. The predicted molar refractivity (Wildman–Crippen MR) is 148 cm³/mol. The van der Waals surface area contributed by atoms with Crippen LogP contribution in [0.15, 0.2) is 36.5 Å². The molecule has 0 saturated carbocycles. The summed E-state index contributed by atoms with van der Waals surface area (Å²) in [4.78, 5) is 48.2. The second kappa shape index (κ2) is 12.1. The third-order valence-corrected chi connectivity index (χ3v) is 7.05. The topological polar surface area (TPSA) is 106 Å². The van der Waals surface area contributed by atoms with Crippen LogP contribution in [0, 0.1) is 5.82 Å². The van der Waals surface area contributed by atoms with Gasteiger partial charge in [-0.3, -0.25) is 19.3 Å². The molecule has 1 N–H and O–H groups in total. The zero-order valence-electron chi connectivity index (χ0n) is 23.7. The first kappa shape index (κ1) is 29.2. The third-order valence-electron chi connectivity index (χ3n) is 7.05. The number of hydrogen-bond donors (Lipinski definition) is 1. The predicted octanol–water partition coefficient (Wildman–Crippen LogP) is 3.23. The average Bonchev–Trinajstić information content (AvgIpc) is 3.27. The van der Waals surface area contributed by atoms with Crippen molar-refractivity contribution < 1.29 is 28.2 Å². The quantitative estimate of drug-likeness (QED) is 0.320. The number of halogens is 1. The molecule has 1 aliphatic heterocycles. The number of carbonyl (C=O) groups excluding carboxylic acids is 3. The highest BCUT2D eigenvalue weighted by atomic mass is 19.1. The van der Waals surface area contributed by atoms with Gasteiger partial charge < -0.3 is 24.3 Å². The lowest BCUT2D eigenvalue weighted by Crippen LogP contribution is -2.57. The molecule has 0 aliphatic carbocycles. The van der Waals surface area contributed by atoms with Gasteiger partial charge in [0.25, 0.3) is 17.6 Å². The molecule has 10 nitrogen and oxygen atoms in total. The van der Waals surface area contributed by atoms with Gasteiger partial charge in [0.05, 0.1) is 12.7 Å². The van der Waals surface area contributed by atoms with E-state index in [-0.39, 0.29) is 53.6 Å². The second-order valence-electron chi connectivity index (χ2n) is 10.5. The summed E-state index contributed by atoms with van der Waals surface area (Å²) in [5.41, 5.74) is 1.69. The third kappa shape index (κ3) is 6.00. The number of carbonyl (C=O) groups is 3. The summed E-state index contributed by atoms with van der Waals surface area (Å²) in [6.07, 6.45) is 1.51. The van der Waals surface area contributed by atoms with Gasteiger partial charge in [0.15, 0.2) is 0 Å². The van der Waals surface area contributed by atoms with Gasteiger partial charge in [-0.1, -0.05) is 12.1 Å². The maximum absolute atomic E-state index is 13.9. The molecule has 0 radical (unpaired) electrons. The fourth-order valence-corrected chi connectivity index (χ4v) is 5.05. The minimum Gasteiger partial charge on any atom is -0.480 e. The highest BCUT2D eigenvalue weighted by Crippen LogP contribution is 2.30. The number of aromatic nitrogens is 2. The number of fused-ring (bicyclic) bond motifs is 1. The van der Waals surface area contributed by atoms with Gasteiger partial charge in [-0.15, -0.1) is 0 Å². The fourth-order valence-electron chi connectivity index (χ4n) is 5.05. The first-order chi connectivity index (χ1) is 19.0. The average molecular weight is 554 g/mol. The number of methoxy groups -OCH3 is 2. The summed E-state index contributed by atoms with van der Waals surface area (Å²) in [7, 11) is 2.94. The normalized spacial score (nSPS) is 17.9. The van der Waals surface area contributed by atoms with Crippen molar-refractivity contribution in [2.45, 2.75) is 59.1 Å². The molecule has 3 heterocycles. The number of hydrogen-bond acceptors (Lipinski definition) is 7. The Morgan fingerprint density at radius 2 is 1.77 bits per heavy atom. The van der Waals surface area contributed by atoms with Crippen LogP contribution in [0.1, 0.15) is 54.0 Å². The summed E-state index contributed by atoms with van der Waals surface area (Å²) >= 11 is 0. The Bertz CT molecular complexity index is 1400. The molecule has 3 aromatic rings. The van der Waals surface area contributed by atoms with E-state index in [0.717, 1.165) is 5.56 Å².